The first-order valence-corrected chi connectivity index (χ1v) is 5.14. The Bertz CT molecular complexity index is 359. The van der Waals surface area contributed by atoms with Crippen LogP contribution in [0.15, 0.2) is 18.2 Å². The van der Waals surface area contributed by atoms with E-state index < -0.39 is 0 Å². The Balaban J connectivity index is 2.90. The summed E-state index contributed by atoms with van der Waals surface area (Å²) in [4.78, 5) is 11.7. The molecule has 3 nitrogen and oxygen atoms in total. The number of rotatable bonds is 3. The molecule has 1 amide bonds. The van der Waals surface area contributed by atoms with Gasteiger partial charge in [-0.25, -0.2) is 0 Å². The molecule has 0 radical (unpaired) electrons. The van der Waals surface area contributed by atoms with Crippen molar-refractivity contribution in [3.8, 4) is 0 Å². The van der Waals surface area contributed by atoms with Crippen molar-refractivity contribution in [2.75, 3.05) is 12.4 Å². The minimum absolute atomic E-state index is 0.00912. The van der Waals surface area contributed by atoms with E-state index in [0.717, 1.165) is 16.8 Å². The largest absolute Gasteiger partial charge is 0.388 e. The molecular formula is C12H18N2O. The lowest BCUT2D eigenvalue weighted by Crippen LogP contribution is -2.30. The molecule has 0 bridgehead atoms. The highest BCUT2D eigenvalue weighted by Gasteiger charge is 2.09. The Labute approximate surface area is 90.9 Å². The van der Waals surface area contributed by atoms with Crippen LogP contribution in [0.1, 0.15) is 29.8 Å². The number of nitrogens with one attached hydrogen (secondary N) is 2. The lowest BCUT2D eigenvalue weighted by atomic mass is 10.1. The second kappa shape index (κ2) is 4.82. The van der Waals surface area contributed by atoms with Gasteiger partial charge in [0, 0.05) is 24.3 Å². The Kier molecular flexibility index (Phi) is 3.72. The number of benzene rings is 1. The second-order valence-electron chi connectivity index (χ2n) is 3.91. The molecule has 0 aromatic heterocycles. The van der Waals surface area contributed by atoms with Crippen LogP contribution in [0.5, 0.6) is 0 Å². The van der Waals surface area contributed by atoms with Gasteiger partial charge in [0.25, 0.3) is 5.91 Å². The minimum Gasteiger partial charge on any atom is -0.388 e. The zero-order chi connectivity index (χ0) is 11.4. The monoisotopic (exact) mass is 206 g/mol. The van der Waals surface area contributed by atoms with Gasteiger partial charge in [0.05, 0.1) is 0 Å². The molecule has 0 spiro atoms. The topological polar surface area (TPSA) is 41.1 Å². The van der Waals surface area contributed by atoms with Crippen LogP contribution < -0.4 is 10.6 Å². The van der Waals surface area contributed by atoms with Crippen LogP contribution >= 0.6 is 0 Å². The summed E-state index contributed by atoms with van der Waals surface area (Å²) in [6.45, 7) is 5.85. The van der Waals surface area contributed by atoms with Crippen molar-refractivity contribution < 1.29 is 4.79 Å². The van der Waals surface area contributed by atoms with Crippen LogP contribution in [0.3, 0.4) is 0 Å². The lowest BCUT2D eigenvalue weighted by Gasteiger charge is -2.11. The van der Waals surface area contributed by atoms with Gasteiger partial charge in [-0.3, -0.25) is 4.79 Å². The summed E-state index contributed by atoms with van der Waals surface area (Å²) in [5.74, 6) is -0.00912. The third-order valence-corrected chi connectivity index (χ3v) is 2.18. The van der Waals surface area contributed by atoms with Crippen LogP contribution in [-0.2, 0) is 0 Å². The first-order valence-electron chi connectivity index (χ1n) is 5.14. The Morgan fingerprint density at radius 2 is 2.00 bits per heavy atom. The average Bonchev–Trinajstić information content (AvgIpc) is 2.16. The molecule has 0 saturated carbocycles. The predicted molar refractivity (Wildman–Crippen MR) is 63.3 cm³/mol. The number of hydrogen-bond donors (Lipinski definition) is 2. The first kappa shape index (κ1) is 11.6. The van der Waals surface area contributed by atoms with Gasteiger partial charge in [0.2, 0.25) is 0 Å². The van der Waals surface area contributed by atoms with E-state index in [1.165, 1.54) is 0 Å². The molecule has 0 atom stereocenters. The van der Waals surface area contributed by atoms with Gasteiger partial charge in [0.1, 0.15) is 0 Å². The minimum atomic E-state index is -0.00912. The zero-order valence-corrected chi connectivity index (χ0v) is 9.72. The third kappa shape index (κ3) is 2.98. The Morgan fingerprint density at radius 3 is 2.47 bits per heavy atom. The number of aryl methyl sites for hydroxylation is 1. The van der Waals surface area contributed by atoms with Crippen molar-refractivity contribution in [1.82, 2.24) is 5.32 Å². The van der Waals surface area contributed by atoms with E-state index in [4.69, 9.17) is 0 Å². The molecule has 82 valence electrons. The van der Waals surface area contributed by atoms with Gasteiger partial charge in [0.15, 0.2) is 0 Å². The van der Waals surface area contributed by atoms with Gasteiger partial charge in [-0.15, -0.1) is 0 Å². The first-order chi connectivity index (χ1) is 7.04. The van der Waals surface area contributed by atoms with Gasteiger partial charge in [-0.1, -0.05) is 0 Å². The van der Waals surface area contributed by atoms with Crippen molar-refractivity contribution in [3.63, 3.8) is 0 Å². The number of anilines is 1. The molecular weight excluding hydrogens is 188 g/mol. The molecule has 0 aliphatic carbocycles. The molecule has 1 aromatic rings. The predicted octanol–water partition coefficient (Wildman–Crippen LogP) is 2.17. The maximum absolute atomic E-state index is 11.7. The summed E-state index contributed by atoms with van der Waals surface area (Å²) in [7, 11) is 1.86. The lowest BCUT2D eigenvalue weighted by molar-refractivity contribution is 0.0942. The van der Waals surface area contributed by atoms with Crippen LogP contribution in [0.2, 0.25) is 0 Å². The van der Waals surface area contributed by atoms with E-state index in [1.807, 2.05) is 46.0 Å². The summed E-state index contributed by atoms with van der Waals surface area (Å²) in [6.07, 6.45) is 0. The molecule has 2 N–H and O–H groups in total. The second-order valence-corrected chi connectivity index (χ2v) is 3.91. The number of amides is 1. The number of hydrogen-bond acceptors (Lipinski definition) is 2. The van der Waals surface area contributed by atoms with Crippen LogP contribution in [0.4, 0.5) is 5.69 Å². The highest BCUT2D eigenvalue weighted by molar-refractivity contribution is 5.96. The molecule has 0 unspecified atom stereocenters. The highest BCUT2D eigenvalue weighted by atomic mass is 16.1. The van der Waals surface area contributed by atoms with Gasteiger partial charge >= 0.3 is 0 Å². The van der Waals surface area contributed by atoms with Crippen LogP contribution in [0, 0.1) is 6.92 Å². The fourth-order valence-electron chi connectivity index (χ4n) is 1.41. The van der Waals surface area contributed by atoms with E-state index >= 15 is 0 Å². The zero-order valence-electron chi connectivity index (χ0n) is 9.72. The van der Waals surface area contributed by atoms with E-state index in [2.05, 4.69) is 10.6 Å². The van der Waals surface area contributed by atoms with Crippen LogP contribution in [0.25, 0.3) is 0 Å². The molecule has 0 fully saturated rings. The van der Waals surface area contributed by atoms with Gasteiger partial charge in [-0.05, 0) is 44.5 Å². The summed E-state index contributed by atoms with van der Waals surface area (Å²) < 4.78 is 0. The smallest absolute Gasteiger partial charge is 0.251 e. The highest BCUT2D eigenvalue weighted by Crippen LogP contribution is 2.14. The number of carbonyl (C=O) groups is 1. The van der Waals surface area contributed by atoms with E-state index in [0.29, 0.717) is 0 Å². The van der Waals surface area contributed by atoms with Crippen molar-refractivity contribution in [2.45, 2.75) is 26.8 Å². The quantitative estimate of drug-likeness (QED) is 0.795. The maximum Gasteiger partial charge on any atom is 0.251 e. The van der Waals surface area contributed by atoms with Gasteiger partial charge in [-0.2, -0.15) is 0 Å². The maximum atomic E-state index is 11.7. The van der Waals surface area contributed by atoms with Crippen molar-refractivity contribution >= 4 is 11.6 Å². The van der Waals surface area contributed by atoms with E-state index in [1.54, 1.807) is 0 Å². The molecule has 0 aliphatic rings. The normalized spacial score (nSPS) is 10.2. The molecule has 0 heterocycles. The Hall–Kier alpha value is -1.51. The van der Waals surface area contributed by atoms with E-state index in [9.17, 15) is 4.79 Å². The molecule has 1 aromatic carbocycles. The molecule has 0 saturated heterocycles. The van der Waals surface area contributed by atoms with Crippen molar-refractivity contribution in [2.24, 2.45) is 0 Å². The summed E-state index contributed by atoms with van der Waals surface area (Å²) >= 11 is 0. The van der Waals surface area contributed by atoms with Gasteiger partial charge < -0.3 is 10.6 Å². The number of carbonyl (C=O) groups excluding carboxylic acids is 1. The summed E-state index contributed by atoms with van der Waals surface area (Å²) in [5, 5.41) is 5.92. The fraction of sp³-hybridized carbons (Fsp3) is 0.417. The van der Waals surface area contributed by atoms with Crippen molar-refractivity contribution in [1.29, 1.82) is 0 Å². The van der Waals surface area contributed by atoms with Crippen LogP contribution in [-0.4, -0.2) is 19.0 Å². The van der Waals surface area contributed by atoms with E-state index in [-0.39, 0.29) is 11.9 Å². The van der Waals surface area contributed by atoms with Crippen molar-refractivity contribution in [3.05, 3.63) is 29.3 Å². The molecule has 1 rings (SSSR count). The summed E-state index contributed by atoms with van der Waals surface area (Å²) in [6, 6.07) is 5.89. The molecule has 3 heteroatoms. The third-order valence-electron chi connectivity index (χ3n) is 2.18. The fourth-order valence-corrected chi connectivity index (χ4v) is 1.41. The molecule has 0 aliphatic heterocycles. The average molecular weight is 206 g/mol. The Morgan fingerprint density at radius 1 is 1.33 bits per heavy atom. The SMILES string of the molecule is CNc1ccc(C(=O)NC(C)C)c(C)c1. The standard InChI is InChI=1S/C12H18N2O/c1-8(2)14-12(15)11-6-5-10(13-4)7-9(11)3/h5-8,13H,1-4H3,(H,14,15). The summed E-state index contributed by atoms with van der Waals surface area (Å²) in [5.41, 5.74) is 2.75. The molecule has 15 heavy (non-hydrogen) atoms.